The molecule has 0 bridgehead atoms. The summed E-state index contributed by atoms with van der Waals surface area (Å²) in [7, 11) is 1.99. The maximum atomic E-state index is 5.90. The minimum Gasteiger partial charge on any atom is -0.377 e. The molecule has 108 valence electrons. The highest BCUT2D eigenvalue weighted by atomic mass is 16.5. The van der Waals surface area contributed by atoms with E-state index in [9.17, 15) is 0 Å². The van der Waals surface area contributed by atoms with Crippen LogP contribution in [0.5, 0.6) is 0 Å². The van der Waals surface area contributed by atoms with Crippen molar-refractivity contribution in [3.8, 4) is 0 Å². The maximum absolute atomic E-state index is 5.90. The summed E-state index contributed by atoms with van der Waals surface area (Å²) in [5.74, 6) is 0.622. The Hall–Kier alpha value is -0.870. The van der Waals surface area contributed by atoms with E-state index in [1.165, 1.54) is 17.7 Å². The van der Waals surface area contributed by atoms with Gasteiger partial charge in [-0.15, -0.1) is 0 Å². The molecule has 0 amide bonds. The second kappa shape index (κ2) is 5.63. The Balaban J connectivity index is 1.84. The van der Waals surface area contributed by atoms with Crippen LogP contribution in [-0.2, 0) is 18.3 Å². The lowest BCUT2D eigenvalue weighted by molar-refractivity contribution is 0.00721. The zero-order valence-corrected chi connectivity index (χ0v) is 12.9. The van der Waals surface area contributed by atoms with Crippen molar-refractivity contribution in [1.29, 1.82) is 0 Å². The van der Waals surface area contributed by atoms with Crippen LogP contribution in [0, 0.1) is 18.3 Å². The van der Waals surface area contributed by atoms with Gasteiger partial charge in [-0.3, -0.25) is 4.68 Å². The number of hydrogen-bond acceptors (Lipinski definition) is 3. The van der Waals surface area contributed by atoms with Crippen LogP contribution < -0.4 is 5.32 Å². The molecule has 2 rings (SSSR count). The van der Waals surface area contributed by atoms with Crippen LogP contribution in [0.2, 0.25) is 0 Å². The summed E-state index contributed by atoms with van der Waals surface area (Å²) in [6.45, 7) is 11.7. The Morgan fingerprint density at radius 3 is 2.79 bits per heavy atom. The van der Waals surface area contributed by atoms with Gasteiger partial charge in [0.2, 0.25) is 0 Å². The first-order valence-corrected chi connectivity index (χ1v) is 7.19. The Labute approximate surface area is 116 Å². The molecule has 1 saturated heterocycles. The van der Waals surface area contributed by atoms with E-state index < -0.39 is 0 Å². The molecule has 1 aliphatic rings. The lowest BCUT2D eigenvalue weighted by Crippen LogP contribution is -2.36. The molecule has 4 heteroatoms. The predicted octanol–water partition coefficient (Wildman–Crippen LogP) is 2.27. The first-order chi connectivity index (χ1) is 8.89. The number of nitrogens with one attached hydrogen (secondary N) is 1. The van der Waals surface area contributed by atoms with E-state index >= 15 is 0 Å². The Kier molecular flexibility index (Phi) is 4.31. The Morgan fingerprint density at radius 1 is 1.47 bits per heavy atom. The molecule has 1 N–H and O–H groups in total. The van der Waals surface area contributed by atoms with Gasteiger partial charge in [0.25, 0.3) is 0 Å². The molecule has 2 heterocycles. The molecule has 1 aliphatic heterocycles. The van der Waals surface area contributed by atoms with Gasteiger partial charge in [0.15, 0.2) is 0 Å². The highest BCUT2D eigenvalue weighted by Gasteiger charge is 2.36. The Morgan fingerprint density at radius 2 is 2.21 bits per heavy atom. The second-order valence-electron chi connectivity index (χ2n) is 6.72. The fraction of sp³-hybridized carbons (Fsp3) is 0.800. The van der Waals surface area contributed by atoms with E-state index in [1.54, 1.807) is 0 Å². The SMILES string of the molecule is Cc1c(CNC[C@H]2CCO[C@@H]2C(C)(C)C)cnn1C. The van der Waals surface area contributed by atoms with Crippen molar-refractivity contribution >= 4 is 0 Å². The zero-order valence-electron chi connectivity index (χ0n) is 12.9. The number of hydrogen-bond donors (Lipinski definition) is 1. The summed E-state index contributed by atoms with van der Waals surface area (Å²) < 4.78 is 7.83. The summed E-state index contributed by atoms with van der Waals surface area (Å²) in [5.41, 5.74) is 2.75. The molecule has 19 heavy (non-hydrogen) atoms. The number of aryl methyl sites for hydroxylation is 1. The van der Waals surface area contributed by atoms with Gasteiger partial charge in [0.1, 0.15) is 0 Å². The minimum absolute atomic E-state index is 0.229. The molecule has 0 saturated carbocycles. The molecule has 0 radical (unpaired) electrons. The van der Waals surface area contributed by atoms with Crippen LogP contribution in [-0.4, -0.2) is 29.0 Å². The third-order valence-corrected chi connectivity index (χ3v) is 4.13. The maximum Gasteiger partial charge on any atom is 0.0664 e. The van der Waals surface area contributed by atoms with Crippen molar-refractivity contribution in [1.82, 2.24) is 15.1 Å². The van der Waals surface area contributed by atoms with Crippen molar-refractivity contribution in [2.24, 2.45) is 18.4 Å². The van der Waals surface area contributed by atoms with Crippen LogP contribution in [0.4, 0.5) is 0 Å². The lowest BCUT2D eigenvalue weighted by atomic mass is 9.81. The van der Waals surface area contributed by atoms with E-state index in [2.05, 4.69) is 38.1 Å². The smallest absolute Gasteiger partial charge is 0.0664 e. The van der Waals surface area contributed by atoms with E-state index in [0.717, 1.165) is 19.7 Å². The molecule has 0 aromatic carbocycles. The number of rotatable bonds is 4. The van der Waals surface area contributed by atoms with Gasteiger partial charge >= 0.3 is 0 Å². The molecule has 1 fully saturated rings. The number of nitrogens with zero attached hydrogens (tertiary/aromatic N) is 2. The van der Waals surface area contributed by atoms with Crippen LogP contribution >= 0.6 is 0 Å². The van der Waals surface area contributed by atoms with Crippen molar-refractivity contribution in [3.63, 3.8) is 0 Å². The van der Waals surface area contributed by atoms with Crippen LogP contribution in [0.1, 0.15) is 38.4 Å². The molecule has 0 spiro atoms. The van der Waals surface area contributed by atoms with Crippen molar-refractivity contribution in [2.75, 3.05) is 13.2 Å². The van der Waals surface area contributed by atoms with Gasteiger partial charge in [0, 0.05) is 43.9 Å². The average molecular weight is 265 g/mol. The summed E-state index contributed by atoms with van der Waals surface area (Å²) in [6, 6.07) is 0. The van der Waals surface area contributed by atoms with Crippen molar-refractivity contribution in [2.45, 2.75) is 46.8 Å². The minimum atomic E-state index is 0.229. The molecular formula is C15H27N3O. The van der Waals surface area contributed by atoms with E-state index in [1.807, 2.05) is 17.9 Å². The molecule has 0 aliphatic carbocycles. The fourth-order valence-corrected chi connectivity index (χ4v) is 2.91. The summed E-state index contributed by atoms with van der Waals surface area (Å²) in [6.07, 6.45) is 3.49. The third-order valence-electron chi connectivity index (χ3n) is 4.13. The highest BCUT2D eigenvalue weighted by molar-refractivity contribution is 5.15. The molecule has 4 nitrogen and oxygen atoms in total. The monoisotopic (exact) mass is 265 g/mol. The second-order valence-corrected chi connectivity index (χ2v) is 6.72. The molecule has 1 aromatic heterocycles. The third kappa shape index (κ3) is 3.37. The summed E-state index contributed by atoms with van der Waals surface area (Å²) in [5, 5.41) is 7.84. The van der Waals surface area contributed by atoms with Gasteiger partial charge < -0.3 is 10.1 Å². The first-order valence-electron chi connectivity index (χ1n) is 7.19. The Bertz CT molecular complexity index is 420. The van der Waals surface area contributed by atoms with E-state index in [0.29, 0.717) is 12.0 Å². The van der Waals surface area contributed by atoms with E-state index in [4.69, 9.17) is 4.74 Å². The van der Waals surface area contributed by atoms with Gasteiger partial charge in [-0.05, 0) is 18.8 Å². The number of ether oxygens (including phenoxy) is 1. The van der Waals surface area contributed by atoms with Crippen molar-refractivity contribution in [3.05, 3.63) is 17.5 Å². The van der Waals surface area contributed by atoms with Gasteiger partial charge in [0.05, 0.1) is 12.3 Å². The summed E-state index contributed by atoms with van der Waals surface area (Å²) >= 11 is 0. The fourth-order valence-electron chi connectivity index (χ4n) is 2.91. The van der Waals surface area contributed by atoms with Crippen LogP contribution in [0.25, 0.3) is 0 Å². The molecule has 2 atom stereocenters. The predicted molar refractivity (Wildman–Crippen MR) is 77.0 cm³/mol. The first kappa shape index (κ1) is 14.5. The molecule has 1 aromatic rings. The normalized spacial score (nSPS) is 24.1. The zero-order chi connectivity index (χ0) is 14.0. The summed E-state index contributed by atoms with van der Waals surface area (Å²) in [4.78, 5) is 0. The largest absolute Gasteiger partial charge is 0.377 e. The van der Waals surface area contributed by atoms with Crippen LogP contribution in [0.15, 0.2) is 6.20 Å². The van der Waals surface area contributed by atoms with Gasteiger partial charge in [-0.25, -0.2) is 0 Å². The average Bonchev–Trinajstić information content (AvgIpc) is 2.90. The van der Waals surface area contributed by atoms with Gasteiger partial charge in [-0.2, -0.15) is 5.10 Å². The standard InChI is InChI=1S/C15H27N3O/c1-11-13(10-17-18(11)5)9-16-8-12-6-7-19-14(12)15(2,3)4/h10,12,14,16H,6-9H2,1-5H3/t12-,14+/m1/s1. The van der Waals surface area contributed by atoms with Crippen LogP contribution in [0.3, 0.4) is 0 Å². The number of aromatic nitrogens is 2. The molecular weight excluding hydrogens is 238 g/mol. The molecule has 0 unspecified atom stereocenters. The quantitative estimate of drug-likeness (QED) is 0.907. The topological polar surface area (TPSA) is 39.1 Å². The highest BCUT2D eigenvalue weighted by Crippen LogP contribution is 2.34. The lowest BCUT2D eigenvalue weighted by Gasteiger charge is -2.31. The van der Waals surface area contributed by atoms with Gasteiger partial charge in [-0.1, -0.05) is 20.8 Å². The van der Waals surface area contributed by atoms with E-state index in [-0.39, 0.29) is 5.41 Å². The van der Waals surface area contributed by atoms with Crippen molar-refractivity contribution < 1.29 is 4.74 Å².